The summed E-state index contributed by atoms with van der Waals surface area (Å²) in [6.45, 7) is 6.53. The van der Waals surface area contributed by atoms with Gasteiger partial charge in [-0.1, -0.05) is 85.1 Å². The van der Waals surface area contributed by atoms with E-state index in [0.29, 0.717) is 49.1 Å². The molecule has 5 aliphatic rings. The number of fused-ring (bicyclic) bond motifs is 2. The average molecular weight is 1420 g/mol. The number of aryl methyl sites for hydroxylation is 1. The first-order chi connectivity index (χ1) is 46.8. The molecule has 30 heteroatoms. The number of carbonyl (C=O) groups excluding carboxylic acids is 12. The summed E-state index contributed by atoms with van der Waals surface area (Å²) >= 11 is 0. The number of likely N-dealkylation sites (N-methyl/N-ethyl adjacent to an activating group) is 7. The van der Waals surface area contributed by atoms with Crippen molar-refractivity contribution in [1.82, 2.24) is 60.0 Å². The molecule has 12 amide bonds. The molecule has 100 heavy (non-hydrogen) atoms. The van der Waals surface area contributed by atoms with E-state index in [1.807, 2.05) is 20.8 Å². The molecule has 3 saturated heterocycles. The fourth-order valence-corrected chi connectivity index (χ4v) is 14.4. The molecule has 0 aromatic heterocycles. The van der Waals surface area contributed by atoms with Crippen molar-refractivity contribution in [2.45, 2.75) is 230 Å². The van der Waals surface area contributed by atoms with Crippen LogP contribution in [0.4, 0.5) is 26.3 Å². The quantitative estimate of drug-likeness (QED) is 0.241. The van der Waals surface area contributed by atoms with Crippen molar-refractivity contribution in [2.75, 3.05) is 82.6 Å². The molecule has 560 valence electrons. The monoisotopic (exact) mass is 1420 g/mol. The van der Waals surface area contributed by atoms with Gasteiger partial charge in [-0.15, -0.1) is 0 Å². The highest BCUT2D eigenvalue weighted by Gasteiger charge is 2.52. The van der Waals surface area contributed by atoms with Crippen LogP contribution in [0.3, 0.4) is 0 Å². The fraction of sp³-hybridized carbons (Fsp3) is 0.743. The number of carbonyl (C=O) groups is 12. The molecule has 0 bridgehead atoms. The van der Waals surface area contributed by atoms with Gasteiger partial charge in [-0.2, -0.15) is 13.2 Å². The summed E-state index contributed by atoms with van der Waals surface area (Å²) in [4.78, 5) is 185. The van der Waals surface area contributed by atoms with E-state index in [2.05, 4.69) is 16.0 Å². The van der Waals surface area contributed by atoms with Crippen LogP contribution in [0.25, 0.3) is 0 Å². The van der Waals surface area contributed by atoms with Crippen molar-refractivity contribution in [2.24, 2.45) is 23.7 Å². The molecule has 3 heterocycles. The summed E-state index contributed by atoms with van der Waals surface area (Å²) < 4.78 is 86.9. The number of halogens is 6. The summed E-state index contributed by atoms with van der Waals surface area (Å²) in [5, 5.41) is 7.93. The second-order valence-corrected chi connectivity index (χ2v) is 29.0. The van der Waals surface area contributed by atoms with Crippen LogP contribution in [-0.4, -0.2) is 258 Å². The van der Waals surface area contributed by atoms with Gasteiger partial charge in [0.1, 0.15) is 60.2 Å². The second-order valence-electron chi connectivity index (χ2n) is 29.0. The smallest absolute Gasteiger partial charge is 0.354 e. The van der Waals surface area contributed by atoms with Crippen LogP contribution in [0.15, 0.2) is 18.2 Å². The highest BCUT2D eigenvalue weighted by molar-refractivity contribution is 5.99. The van der Waals surface area contributed by atoms with Gasteiger partial charge in [-0.25, -0.2) is 13.2 Å². The number of amides is 12. The maximum absolute atomic E-state index is 15.6. The van der Waals surface area contributed by atoms with Crippen LogP contribution in [0.1, 0.15) is 168 Å². The Morgan fingerprint density at radius 1 is 0.680 bits per heavy atom. The summed E-state index contributed by atoms with van der Waals surface area (Å²) in [6, 6.07) is -10.1. The second kappa shape index (κ2) is 35.4. The number of alkyl halides is 5. The molecule has 3 aliphatic heterocycles. The Bertz CT molecular complexity index is 3130. The Labute approximate surface area is 583 Å². The van der Waals surface area contributed by atoms with E-state index in [-0.39, 0.29) is 74.9 Å². The standard InChI is InChI=1S/C70H106F6N12O12/c1-14-42(4)58-67(99)82(9)43(5)62(94)87-33-31-50(87)66(98)84(11)52(36-44-22-16-15-17-23-44)65(97)81(8)39-55(89)78-49(30-28-45-27-29-47(48(71)35-45)70(74,75)76)63(95)88-40-69(72,73)38-54(88)60(92)77-32-21-20-26-56(90)86(13)59(46-24-18-19-25-46)68(100)85(12)53(64(96)80(6)7)37-57(91)83(10)51(34-41(2)3)61(93)79-58/h27,29,35,41-44,46,49-54,58-59H,14-26,28,30-34,36-40H2,1-13H3,(H,77,92)(H,78,89)(H,79,93)/t42-,43-,49-,50-,51-,52-,53-,54-,58-,59-/m0/s1. The molecule has 1 aromatic rings. The lowest BCUT2D eigenvalue weighted by atomic mass is 9.84. The van der Waals surface area contributed by atoms with Crippen molar-refractivity contribution in [3.05, 3.63) is 35.1 Å². The van der Waals surface area contributed by atoms with E-state index in [4.69, 9.17) is 0 Å². The molecule has 5 fully saturated rings. The lowest BCUT2D eigenvalue weighted by molar-refractivity contribution is -0.160. The Morgan fingerprint density at radius 2 is 1.32 bits per heavy atom. The minimum Gasteiger partial charge on any atom is -0.354 e. The number of benzene rings is 1. The molecule has 2 saturated carbocycles. The van der Waals surface area contributed by atoms with E-state index in [9.17, 15) is 75.1 Å². The average Bonchev–Trinajstić information content (AvgIpc) is 1.20. The predicted octanol–water partition coefficient (Wildman–Crippen LogP) is 5.23. The van der Waals surface area contributed by atoms with Crippen LogP contribution in [-0.2, 0) is 70.1 Å². The summed E-state index contributed by atoms with van der Waals surface area (Å²) in [6.07, 6.45) is -0.207. The minimum absolute atomic E-state index is 0.0507. The summed E-state index contributed by atoms with van der Waals surface area (Å²) in [5.74, 6) is -15.4. The largest absolute Gasteiger partial charge is 0.419 e. The minimum atomic E-state index is -5.06. The van der Waals surface area contributed by atoms with Crippen molar-refractivity contribution in [1.29, 1.82) is 0 Å². The number of nitrogens with one attached hydrogen (secondary N) is 3. The molecular weight excluding hydrogens is 1310 g/mol. The molecule has 0 radical (unpaired) electrons. The van der Waals surface area contributed by atoms with E-state index in [1.165, 1.54) is 92.7 Å². The van der Waals surface area contributed by atoms with Crippen molar-refractivity contribution < 1.29 is 83.9 Å². The van der Waals surface area contributed by atoms with Gasteiger partial charge in [0.05, 0.1) is 25.1 Å². The highest BCUT2D eigenvalue weighted by atomic mass is 19.4. The molecule has 3 N–H and O–H groups in total. The Kier molecular flexibility index (Phi) is 28.8. The predicted molar refractivity (Wildman–Crippen MR) is 357 cm³/mol. The molecule has 6 rings (SSSR count). The molecule has 1 aromatic carbocycles. The van der Waals surface area contributed by atoms with E-state index < -0.39 is 193 Å². The van der Waals surface area contributed by atoms with Crippen LogP contribution in [0.2, 0.25) is 0 Å². The van der Waals surface area contributed by atoms with Crippen LogP contribution >= 0.6 is 0 Å². The first kappa shape index (κ1) is 81.4. The van der Waals surface area contributed by atoms with E-state index in [0.717, 1.165) is 48.0 Å². The molecular formula is C70H106F6N12O12. The highest BCUT2D eigenvalue weighted by Crippen LogP contribution is 2.37. The number of nitrogens with zero attached hydrogens (tertiary/aromatic N) is 9. The van der Waals surface area contributed by atoms with Gasteiger partial charge in [0, 0.05) is 82.3 Å². The van der Waals surface area contributed by atoms with Crippen molar-refractivity contribution in [3.63, 3.8) is 0 Å². The zero-order valence-electron chi connectivity index (χ0n) is 60.4. The maximum atomic E-state index is 15.6. The molecule has 24 nitrogen and oxygen atoms in total. The lowest BCUT2D eigenvalue weighted by Gasteiger charge is -2.45. The van der Waals surface area contributed by atoms with Gasteiger partial charge < -0.3 is 60.0 Å². The third-order valence-electron chi connectivity index (χ3n) is 21.1. The maximum Gasteiger partial charge on any atom is 0.419 e. The van der Waals surface area contributed by atoms with E-state index in [1.54, 1.807) is 6.92 Å². The van der Waals surface area contributed by atoms with Gasteiger partial charge in [-0.05, 0) is 106 Å². The Morgan fingerprint density at radius 3 is 1.90 bits per heavy atom. The molecule has 0 spiro atoms. The Hall–Kier alpha value is -7.56. The van der Waals surface area contributed by atoms with Crippen molar-refractivity contribution >= 4 is 70.9 Å². The van der Waals surface area contributed by atoms with Gasteiger partial charge in [0.2, 0.25) is 70.9 Å². The topological polar surface area (TPSA) is 270 Å². The summed E-state index contributed by atoms with van der Waals surface area (Å²) in [5.41, 5.74) is -1.64. The van der Waals surface area contributed by atoms with Crippen LogP contribution in [0.5, 0.6) is 0 Å². The first-order valence-electron chi connectivity index (χ1n) is 35.3. The number of rotatable bonds is 11. The normalized spacial score (nSPS) is 27.5. The van der Waals surface area contributed by atoms with Crippen LogP contribution < -0.4 is 16.0 Å². The third kappa shape index (κ3) is 20.4. The number of hydrogen-bond donors (Lipinski definition) is 3. The Balaban J connectivity index is 1.37. The zero-order valence-corrected chi connectivity index (χ0v) is 60.4. The molecule has 2 aliphatic carbocycles. The first-order valence-corrected chi connectivity index (χ1v) is 35.3. The van der Waals surface area contributed by atoms with Crippen LogP contribution in [0, 0.1) is 29.5 Å². The third-order valence-corrected chi connectivity index (χ3v) is 21.1. The summed E-state index contributed by atoms with van der Waals surface area (Å²) in [7, 11) is 11.2. The number of hydrogen-bond acceptors (Lipinski definition) is 12. The lowest BCUT2D eigenvalue weighted by Crippen LogP contribution is -2.65. The van der Waals surface area contributed by atoms with E-state index >= 15 is 8.78 Å². The SMILES string of the molecule is CC[C@H](C)[C@@H]1NC(=O)[C@H](CC(C)C)N(C)C(=O)C[C@@H](C(=O)N(C)C)N(C)C(=O)[C@H](C2CCCC2)N(C)C(=O)CCCCNC(=O)[C@@H]2CC(F)(F)CN2C(=O)[C@H](CCc2ccc(C(F)(F)F)c(F)c2)NC(=O)CN(C)C(=O)[C@H](CC2CCCCC2)N(C)C(=O)[C@@H]2CCN2C(=O)[C@H](C)N(C)C1=O. The van der Waals surface area contributed by atoms with Gasteiger partial charge >= 0.3 is 6.18 Å². The molecule has 10 atom stereocenters. The fourth-order valence-electron chi connectivity index (χ4n) is 14.4. The van der Waals surface area contributed by atoms with Gasteiger partial charge in [-0.3, -0.25) is 57.5 Å². The van der Waals surface area contributed by atoms with Crippen molar-refractivity contribution in [3.8, 4) is 0 Å². The zero-order chi connectivity index (χ0) is 74.6. The molecule has 0 unspecified atom stereocenters. The van der Waals surface area contributed by atoms with Gasteiger partial charge in [0.15, 0.2) is 0 Å². The van der Waals surface area contributed by atoms with Gasteiger partial charge in [0.25, 0.3) is 5.92 Å².